The van der Waals surface area contributed by atoms with Gasteiger partial charge in [0.2, 0.25) is 0 Å². The summed E-state index contributed by atoms with van der Waals surface area (Å²) in [5.74, 6) is 0.637. The molecule has 1 atom stereocenters. The number of hydrogen-bond donors (Lipinski definition) is 0. The minimum atomic E-state index is 0.217. The van der Waals surface area contributed by atoms with Crippen LogP contribution in [0.3, 0.4) is 0 Å². The molecule has 0 spiro atoms. The van der Waals surface area contributed by atoms with Gasteiger partial charge in [0.15, 0.2) is 0 Å². The summed E-state index contributed by atoms with van der Waals surface area (Å²) in [6.07, 6.45) is 14.8. The Morgan fingerprint density at radius 1 is 1.07 bits per heavy atom. The minimum absolute atomic E-state index is 0.217. The van der Waals surface area contributed by atoms with Gasteiger partial charge in [-0.3, -0.25) is 4.79 Å². The number of carbonyl (C=O) groups is 1. The van der Waals surface area contributed by atoms with E-state index in [0.717, 1.165) is 38.5 Å². The third kappa shape index (κ3) is 4.40. The van der Waals surface area contributed by atoms with Crippen molar-refractivity contribution in [1.29, 1.82) is 0 Å². The molecular formula is C13H20O. The average Bonchev–Trinajstić information content (AvgIpc) is 2.18. The molecule has 0 amide bonds. The number of hydrogen-bond acceptors (Lipinski definition) is 1. The molecule has 0 aliphatic heterocycles. The zero-order valence-corrected chi connectivity index (χ0v) is 9.04. The third-order valence-corrected chi connectivity index (χ3v) is 2.67. The van der Waals surface area contributed by atoms with Crippen LogP contribution < -0.4 is 0 Å². The molecule has 0 fully saturated rings. The predicted molar refractivity (Wildman–Crippen MR) is 60.2 cm³/mol. The van der Waals surface area contributed by atoms with E-state index in [2.05, 4.69) is 24.3 Å². The fraction of sp³-hybridized carbons (Fsp3) is 0.615. The van der Waals surface area contributed by atoms with Gasteiger partial charge in [-0.2, -0.15) is 0 Å². The Labute approximate surface area is 86.9 Å². The number of Topliss-reactive ketones (excluding diaryl/α,β-unsaturated/α-hetero) is 1. The Morgan fingerprint density at radius 3 is 2.50 bits per heavy atom. The summed E-state index contributed by atoms with van der Waals surface area (Å²) in [4.78, 5) is 11.6. The molecule has 1 heteroatoms. The highest BCUT2D eigenvalue weighted by molar-refractivity contribution is 5.80. The standard InChI is InChI=1S/C13H20O/c1-12-10-8-6-4-2-3-5-7-9-11-13(12)14/h3,5-6,8,12H,2,4,7,9-11H2,1H3. The summed E-state index contributed by atoms with van der Waals surface area (Å²) in [6, 6.07) is 0. The highest BCUT2D eigenvalue weighted by Crippen LogP contribution is 2.11. The van der Waals surface area contributed by atoms with Crippen LogP contribution >= 0.6 is 0 Å². The molecular weight excluding hydrogens is 172 g/mol. The fourth-order valence-corrected chi connectivity index (χ4v) is 1.62. The van der Waals surface area contributed by atoms with Crippen LogP contribution in [0.25, 0.3) is 0 Å². The van der Waals surface area contributed by atoms with Gasteiger partial charge in [-0.15, -0.1) is 0 Å². The monoisotopic (exact) mass is 192 g/mol. The van der Waals surface area contributed by atoms with E-state index in [9.17, 15) is 4.79 Å². The van der Waals surface area contributed by atoms with Gasteiger partial charge in [-0.05, 0) is 32.1 Å². The molecule has 0 radical (unpaired) electrons. The van der Waals surface area contributed by atoms with E-state index < -0.39 is 0 Å². The molecule has 14 heavy (non-hydrogen) atoms. The lowest BCUT2D eigenvalue weighted by molar-refractivity contribution is -0.122. The highest BCUT2D eigenvalue weighted by atomic mass is 16.1. The SMILES string of the molecule is CC1CC=CCCC=CCCCC1=O. The van der Waals surface area contributed by atoms with Crippen LogP contribution in [-0.2, 0) is 4.79 Å². The van der Waals surface area contributed by atoms with Gasteiger partial charge in [-0.25, -0.2) is 0 Å². The minimum Gasteiger partial charge on any atom is -0.299 e. The van der Waals surface area contributed by atoms with Gasteiger partial charge in [-0.1, -0.05) is 31.2 Å². The second-order valence-electron chi connectivity index (χ2n) is 4.02. The molecule has 1 rings (SSSR count). The zero-order valence-electron chi connectivity index (χ0n) is 9.04. The molecule has 1 unspecified atom stereocenters. The van der Waals surface area contributed by atoms with E-state index in [1.165, 1.54) is 0 Å². The van der Waals surface area contributed by atoms with Gasteiger partial charge in [0.25, 0.3) is 0 Å². The number of ketones is 1. The van der Waals surface area contributed by atoms with Gasteiger partial charge >= 0.3 is 0 Å². The van der Waals surface area contributed by atoms with Crippen LogP contribution in [0.4, 0.5) is 0 Å². The van der Waals surface area contributed by atoms with Crippen molar-refractivity contribution in [3.63, 3.8) is 0 Å². The first-order chi connectivity index (χ1) is 6.80. The van der Waals surface area contributed by atoms with Crippen molar-refractivity contribution < 1.29 is 4.79 Å². The van der Waals surface area contributed by atoms with Crippen molar-refractivity contribution in [1.82, 2.24) is 0 Å². The van der Waals surface area contributed by atoms with Crippen LogP contribution in [0.15, 0.2) is 24.3 Å². The van der Waals surface area contributed by atoms with Crippen molar-refractivity contribution in [2.45, 2.75) is 45.4 Å². The Hall–Kier alpha value is -0.850. The maximum Gasteiger partial charge on any atom is 0.136 e. The van der Waals surface area contributed by atoms with Crippen molar-refractivity contribution in [2.24, 2.45) is 5.92 Å². The van der Waals surface area contributed by atoms with Crippen LogP contribution in [-0.4, -0.2) is 5.78 Å². The van der Waals surface area contributed by atoms with Crippen LogP contribution in [0.1, 0.15) is 45.4 Å². The summed E-state index contributed by atoms with van der Waals surface area (Å²) in [7, 11) is 0. The molecule has 0 bridgehead atoms. The van der Waals surface area contributed by atoms with Gasteiger partial charge in [0, 0.05) is 12.3 Å². The number of allylic oxidation sites excluding steroid dienone is 4. The average molecular weight is 192 g/mol. The molecule has 0 aromatic carbocycles. The highest BCUT2D eigenvalue weighted by Gasteiger charge is 2.10. The summed E-state index contributed by atoms with van der Waals surface area (Å²) in [5.41, 5.74) is 0. The Morgan fingerprint density at radius 2 is 1.71 bits per heavy atom. The fourth-order valence-electron chi connectivity index (χ4n) is 1.62. The third-order valence-electron chi connectivity index (χ3n) is 2.67. The quantitative estimate of drug-likeness (QED) is 0.535. The van der Waals surface area contributed by atoms with E-state index in [0.29, 0.717) is 5.78 Å². The zero-order chi connectivity index (χ0) is 10.2. The molecule has 1 aliphatic rings. The van der Waals surface area contributed by atoms with Crippen molar-refractivity contribution in [3.05, 3.63) is 24.3 Å². The first-order valence-electron chi connectivity index (χ1n) is 5.63. The molecule has 0 N–H and O–H groups in total. The first kappa shape index (κ1) is 11.2. The molecule has 0 heterocycles. The molecule has 0 aromatic rings. The Kier molecular flexibility index (Phi) is 5.28. The summed E-state index contributed by atoms with van der Waals surface area (Å²) < 4.78 is 0. The largest absolute Gasteiger partial charge is 0.299 e. The molecule has 78 valence electrons. The van der Waals surface area contributed by atoms with Crippen molar-refractivity contribution in [2.75, 3.05) is 0 Å². The second kappa shape index (κ2) is 6.58. The molecule has 0 saturated carbocycles. The van der Waals surface area contributed by atoms with E-state index in [-0.39, 0.29) is 5.92 Å². The van der Waals surface area contributed by atoms with Crippen molar-refractivity contribution in [3.8, 4) is 0 Å². The molecule has 0 aromatic heterocycles. The normalized spacial score (nSPS) is 25.5. The topological polar surface area (TPSA) is 17.1 Å². The molecule has 0 saturated heterocycles. The Balaban J connectivity index is 2.45. The molecule has 1 nitrogen and oxygen atoms in total. The van der Waals surface area contributed by atoms with Crippen LogP contribution in [0.5, 0.6) is 0 Å². The van der Waals surface area contributed by atoms with Crippen LogP contribution in [0, 0.1) is 5.92 Å². The summed E-state index contributed by atoms with van der Waals surface area (Å²) in [5, 5.41) is 0. The van der Waals surface area contributed by atoms with Crippen molar-refractivity contribution >= 4 is 5.78 Å². The second-order valence-corrected chi connectivity index (χ2v) is 4.02. The lowest BCUT2D eigenvalue weighted by Crippen LogP contribution is -2.09. The maximum absolute atomic E-state index is 11.6. The van der Waals surface area contributed by atoms with E-state index in [1.54, 1.807) is 0 Å². The van der Waals surface area contributed by atoms with Gasteiger partial charge in [0.1, 0.15) is 5.78 Å². The molecule has 1 aliphatic carbocycles. The first-order valence-corrected chi connectivity index (χ1v) is 5.63. The maximum atomic E-state index is 11.6. The number of rotatable bonds is 0. The summed E-state index contributed by atoms with van der Waals surface area (Å²) >= 11 is 0. The lowest BCUT2D eigenvalue weighted by atomic mass is 9.97. The summed E-state index contributed by atoms with van der Waals surface area (Å²) in [6.45, 7) is 2.04. The van der Waals surface area contributed by atoms with E-state index in [1.807, 2.05) is 6.92 Å². The van der Waals surface area contributed by atoms with Gasteiger partial charge in [0.05, 0.1) is 0 Å². The van der Waals surface area contributed by atoms with E-state index >= 15 is 0 Å². The van der Waals surface area contributed by atoms with Gasteiger partial charge < -0.3 is 0 Å². The Bertz CT molecular complexity index is 225. The van der Waals surface area contributed by atoms with E-state index in [4.69, 9.17) is 0 Å². The lowest BCUT2D eigenvalue weighted by Gasteiger charge is -2.07. The predicted octanol–water partition coefficient (Wildman–Crippen LogP) is 3.66. The van der Waals surface area contributed by atoms with Crippen LogP contribution in [0.2, 0.25) is 0 Å². The number of carbonyl (C=O) groups excluding carboxylic acids is 1. The smallest absolute Gasteiger partial charge is 0.136 e.